The van der Waals surface area contributed by atoms with Crippen LogP contribution in [0.5, 0.6) is 0 Å². The lowest BCUT2D eigenvalue weighted by molar-refractivity contribution is 0.1000. The molecule has 2 rings (SSSR count). The van der Waals surface area contributed by atoms with Crippen LogP contribution in [-0.4, -0.2) is 38.3 Å². The molecule has 1 saturated heterocycles. The average Bonchev–Trinajstić information content (AvgIpc) is 2.48. The van der Waals surface area contributed by atoms with Crippen LogP contribution in [0.3, 0.4) is 0 Å². The third kappa shape index (κ3) is 3.61. The molecule has 21 heavy (non-hydrogen) atoms. The van der Waals surface area contributed by atoms with Gasteiger partial charge in [-0.15, -0.1) is 0 Å². The monoisotopic (exact) mass is 311 g/mol. The van der Waals surface area contributed by atoms with E-state index >= 15 is 0 Å². The van der Waals surface area contributed by atoms with E-state index in [4.69, 9.17) is 11.5 Å². The Kier molecular flexibility index (Phi) is 4.97. The van der Waals surface area contributed by atoms with E-state index in [0.29, 0.717) is 31.1 Å². The fourth-order valence-corrected chi connectivity index (χ4v) is 4.21. The second kappa shape index (κ2) is 6.55. The maximum atomic E-state index is 12.6. The Balaban J connectivity index is 2.18. The smallest absolute Gasteiger partial charge is 0.248 e. The van der Waals surface area contributed by atoms with Crippen LogP contribution in [-0.2, 0) is 10.0 Å². The van der Waals surface area contributed by atoms with E-state index < -0.39 is 15.9 Å². The zero-order valence-corrected chi connectivity index (χ0v) is 12.7. The number of primary amides is 1. The predicted molar refractivity (Wildman–Crippen MR) is 80.1 cm³/mol. The third-order valence-electron chi connectivity index (χ3n) is 3.83. The molecule has 0 aromatic heterocycles. The number of hydrogen-bond donors (Lipinski definition) is 2. The van der Waals surface area contributed by atoms with Crippen LogP contribution in [0.25, 0.3) is 0 Å². The average molecular weight is 311 g/mol. The van der Waals surface area contributed by atoms with Gasteiger partial charge in [-0.05, 0) is 56.0 Å². The van der Waals surface area contributed by atoms with Crippen molar-refractivity contribution < 1.29 is 13.2 Å². The molecule has 1 heterocycles. The minimum absolute atomic E-state index is 0.195. The lowest BCUT2D eigenvalue weighted by Crippen LogP contribution is -2.40. The largest absolute Gasteiger partial charge is 0.366 e. The summed E-state index contributed by atoms with van der Waals surface area (Å²) in [6.45, 7) is 1.62. The topological polar surface area (TPSA) is 106 Å². The zero-order valence-electron chi connectivity index (χ0n) is 11.9. The highest BCUT2D eigenvalue weighted by Gasteiger charge is 2.29. The van der Waals surface area contributed by atoms with Gasteiger partial charge in [-0.25, -0.2) is 8.42 Å². The van der Waals surface area contributed by atoms with Gasteiger partial charge in [0.15, 0.2) is 0 Å². The van der Waals surface area contributed by atoms with Crippen molar-refractivity contribution in [3.63, 3.8) is 0 Å². The van der Waals surface area contributed by atoms with Crippen molar-refractivity contribution in [3.05, 3.63) is 29.8 Å². The van der Waals surface area contributed by atoms with E-state index in [1.165, 1.54) is 28.6 Å². The highest BCUT2D eigenvalue weighted by atomic mass is 32.2. The fraction of sp³-hybridized carbons (Fsp3) is 0.500. The fourth-order valence-electron chi connectivity index (χ4n) is 2.66. The normalized spacial score (nSPS) is 20.3. The number of carbonyl (C=O) groups is 1. The van der Waals surface area contributed by atoms with E-state index in [-0.39, 0.29) is 4.90 Å². The van der Waals surface area contributed by atoms with E-state index in [1.807, 2.05) is 0 Å². The molecule has 1 unspecified atom stereocenters. The summed E-state index contributed by atoms with van der Waals surface area (Å²) in [5, 5.41) is 0. The Morgan fingerprint density at radius 1 is 1.29 bits per heavy atom. The predicted octanol–water partition coefficient (Wildman–Crippen LogP) is 0.535. The molecule has 0 aliphatic carbocycles. The van der Waals surface area contributed by atoms with E-state index in [0.717, 1.165) is 19.3 Å². The number of carbonyl (C=O) groups excluding carboxylic acids is 1. The first-order valence-electron chi connectivity index (χ1n) is 7.05. The molecule has 1 aromatic carbocycles. The molecular weight excluding hydrogens is 290 g/mol. The van der Waals surface area contributed by atoms with Crippen LogP contribution < -0.4 is 11.5 Å². The van der Waals surface area contributed by atoms with Gasteiger partial charge in [0.25, 0.3) is 0 Å². The minimum Gasteiger partial charge on any atom is -0.366 e. The van der Waals surface area contributed by atoms with Crippen LogP contribution in [0.1, 0.15) is 29.6 Å². The molecule has 4 N–H and O–H groups in total. The maximum absolute atomic E-state index is 12.6. The first-order chi connectivity index (χ1) is 9.95. The molecule has 0 radical (unpaired) electrons. The lowest BCUT2D eigenvalue weighted by atomic mass is 9.96. The van der Waals surface area contributed by atoms with E-state index in [9.17, 15) is 13.2 Å². The first-order valence-corrected chi connectivity index (χ1v) is 8.49. The molecule has 0 saturated carbocycles. The summed E-state index contributed by atoms with van der Waals surface area (Å²) in [6, 6.07) is 5.75. The molecule has 1 aliphatic heterocycles. The molecule has 7 heteroatoms. The SMILES string of the molecule is NCCC1CCCN(S(=O)(=O)c2ccc(C(N)=O)cc2)C1. The van der Waals surface area contributed by atoms with Gasteiger partial charge in [0, 0.05) is 18.7 Å². The van der Waals surface area contributed by atoms with Crippen LogP contribution in [0.4, 0.5) is 0 Å². The number of piperidine rings is 1. The van der Waals surface area contributed by atoms with E-state index in [1.54, 1.807) is 0 Å². The van der Waals surface area contributed by atoms with E-state index in [2.05, 4.69) is 0 Å². The highest BCUT2D eigenvalue weighted by Crippen LogP contribution is 2.25. The molecule has 0 spiro atoms. The van der Waals surface area contributed by atoms with Crippen molar-refractivity contribution in [2.24, 2.45) is 17.4 Å². The van der Waals surface area contributed by atoms with Gasteiger partial charge < -0.3 is 11.5 Å². The van der Waals surface area contributed by atoms with Crippen molar-refractivity contribution in [2.75, 3.05) is 19.6 Å². The maximum Gasteiger partial charge on any atom is 0.248 e. The Hall–Kier alpha value is -1.44. The number of rotatable bonds is 5. The van der Waals surface area contributed by atoms with Gasteiger partial charge in [-0.3, -0.25) is 4.79 Å². The Morgan fingerprint density at radius 2 is 1.95 bits per heavy atom. The molecule has 1 aromatic rings. The van der Waals surface area contributed by atoms with Crippen molar-refractivity contribution in [1.82, 2.24) is 4.31 Å². The van der Waals surface area contributed by atoms with Gasteiger partial charge >= 0.3 is 0 Å². The number of hydrogen-bond acceptors (Lipinski definition) is 4. The molecule has 1 fully saturated rings. The molecule has 1 atom stereocenters. The summed E-state index contributed by atoms with van der Waals surface area (Å²) in [6.07, 6.45) is 2.71. The lowest BCUT2D eigenvalue weighted by Gasteiger charge is -2.31. The standard InChI is InChI=1S/C14H21N3O3S/c15-8-7-11-2-1-9-17(10-11)21(19,20)13-5-3-12(4-6-13)14(16)18/h3-6,11H,1-2,7-10,15H2,(H2,16,18). The second-order valence-corrected chi connectivity index (χ2v) is 7.28. The Labute approximate surface area is 125 Å². The van der Waals surface area contributed by atoms with Crippen molar-refractivity contribution in [2.45, 2.75) is 24.2 Å². The molecular formula is C14H21N3O3S. The highest BCUT2D eigenvalue weighted by molar-refractivity contribution is 7.89. The first kappa shape index (κ1) is 15.9. The number of nitrogens with two attached hydrogens (primary N) is 2. The molecule has 0 bridgehead atoms. The number of amides is 1. The Bertz CT molecular complexity index is 596. The Morgan fingerprint density at radius 3 is 2.52 bits per heavy atom. The van der Waals surface area contributed by atoms with Crippen LogP contribution in [0, 0.1) is 5.92 Å². The second-order valence-electron chi connectivity index (χ2n) is 5.34. The quantitative estimate of drug-likeness (QED) is 0.827. The summed E-state index contributed by atoms with van der Waals surface area (Å²) in [5.74, 6) is -0.247. The van der Waals surface area contributed by atoms with Gasteiger partial charge in [-0.2, -0.15) is 4.31 Å². The van der Waals surface area contributed by atoms with Crippen LogP contribution >= 0.6 is 0 Å². The van der Waals surface area contributed by atoms with Gasteiger partial charge in [0.2, 0.25) is 15.9 Å². The number of nitrogens with zero attached hydrogens (tertiary/aromatic N) is 1. The summed E-state index contributed by atoms with van der Waals surface area (Å²) in [4.78, 5) is 11.2. The van der Waals surface area contributed by atoms with Gasteiger partial charge in [-0.1, -0.05) is 0 Å². The number of sulfonamides is 1. The molecule has 116 valence electrons. The van der Waals surface area contributed by atoms with Crippen LogP contribution in [0.15, 0.2) is 29.2 Å². The summed E-state index contributed by atoms with van der Waals surface area (Å²) in [7, 11) is -3.52. The molecule has 1 aliphatic rings. The minimum atomic E-state index is -3.52. The molecule has 1 amide bonds. The summed E-state index contributed by atoms with van der Waals surface area (Å²) >= 11 is 0. The summed E-state index contributed by atoms with van der Waals surface area (Å²) < 4.78 is 26.7. The van der Waals surface area contributed by atoms with Crippen LogP contribution in [0.2, 0.25) is 0 Å². The zero-order chi connectivity index (χ0) is 15.5. The van der Waals surface area contributed by atoms with Gasteiger partial charge in [0.1, 0.15) is 0 Å². The van der Waals surface area contributed by atoms with Crippen molar-refractivity contribution in [3.8, 4) is 0 Å². The van der Waals surface area contributed by atoms with Crippen molar-refractivity contribution >= 4 is 15.9 Å². The molecule has 6 nitrogen and oxygen atoms in total. The third-order valence-corrected chi connectivity index (χ3v) is 5.71. The number of benzene rings is 1. The van der Waals surface area contributed by atoms with Crippen molar-refractivity contribution in [1.29, 1.82) is 0 Å². The van der Waals surface area contributed by atoms with Gasteiger partial charge in [0.05, 0.1) is 4.90 Å². The summed E-state index contributed by atoms with van der Waals surface area (Å²) in [5.41, 5.74) is 11.0.